The Kier molecular flexibility index (Phi) is 5.91. The fraction of sp³-hybridized carbons (Fsp3) is 0.118. The van der Waals surface area contributed by atoms with Gasteiger partial charge in [-0.1, -0.05) is 59.0 Å². The molecule has 0 aliphatic carbocycles. The quantitative estimate of drug-likeness (QED) is 0.581. The average molecular weight is 391 g/mol. The average Bonchev–Trinajstić information content (AvgIpc) is 3.04. The van der Waals surface area contributed by atoms with Gasteiger partial charge in [0.15, 0.2) is 4.34 Å². The molecule has 0 aliphatic heterocycles. The fourth-order valence-corrected chi connectivity index (χ4v) is 3.85. The molecule has 25 heavy (non-hydrogen) atoms. The van der Waals surface area contributed by atoms with Gasteiger partial charge >= 0.3 is 0 Å². The molecule has 0 atom stereocenters. The molecule has 0 saturated heterocycles. The minimum Gasteiger partial charge on any atom is -0.330 e. The van der Waals surface area contributed by atoms with E-state index in [2.05, 4.69) is 20.8 Å². The minimum absolute atomic E-state index is 0.136. The molecular formula is C17H15ClN4OS2. The molecule has 1 aromatic heterocycles. The second-order valence-electron chi connectivity index (χ2n) is 5.18. The van der Waals surface area contributed by atoms with Crippen molar-refractivity contribution in [1.82, 2.24) is 10.2 Å². The Morgan fingerprint density at radius 1 is 1.20 bits per heavy atom. The number of thioether (sulfide) groups is 1. The second-order valence-corrected chi connectivity index (χ2v) is 7.79. The summed E-state index contributed by atoms with van der Waals surface area (Å²) in [6.07, 6.45) is 0. The third-order valence-electron chi connectivity index (χ3n) is 3.16. The summed E-state index contributed by atoms with van der Waals surface area (Å²) in [5, 5.41) is 15.4. The van der Waals surface area contributed by atoms with Crippen LogP contribution in [0.2, 0.25) is 5.02 Å². The fourth-order valence-electron chi connectivity index (χ4n) is 2.00. The zero-order valence-electron chi connectivity index (χ0n) is 13.3. The van der Waals surface area contributed by atoms with E-state index in [1.54, 1.807) is 6.07 Å². The predicted molar refractivity (Wildman–Crippen MR) is 105 cm³/mol. The number of hydrogen-bond acceptors (Lipinski definition) is 6. The number of rotatable bonds is 6. The lowest BCUT2D eigenvalue weighted by molar-refractivity contribution is -0.113. The standard InChI is InChI=1S/C17H15ClN4OS2/c1-11-7-8-14(13(18)9-11)20-15(23)10-24-17-22-21-16(25-17)19-12-5-3-2-4-6-12/h2-9H,10H2,1H3,(H,19,21)(H,20,23). The van der Waals surface area contributed by atoms with Gasteiger partial charge < -0.3 is 10.6 Å². The maximum absolute atomic E-state index is 12.1. The second kappa shape index (κ2) is 8.33. The third kappa shape index (κ3) is 5.19. The van der Waals surface area contributed by atoms with Gasteiger partial charge in [-0.3, -0.25) is 4.79 Å². The van der Waals surface area contributed by atoms with Crippen molar-refractivity contribution in [2.75, 3.05) is 16.4 Å². The number of hydrogen-bond donors (Lipinski definition) is 2. The highest BCUT2D eigenvalue weighted by molar-refractivity contribution is 8.01. The summed E-state index contributed by atoms with van der Waals surface area (Å²) in [7, 11) is 0. The summed E-state index contributed by atoms with van der Waals surface area (Å²) < 4.78 is 0.726. The van der Waals surface area contributed by atoms with E-state index < -0.39 is 0 Å². The van der Waals surface area contributed by atoms with Crippen LogP contribution in [-0.2, 0) is 4.79 Å². The molecule has 128 valence electrons. The molecule has 0 spiro atoms. The number of carbonyl (C=O) groups is 1. The van der Waals surface area contributed by atoms with Crippen molar-refractivity contribution in [3.63, 3.8) is 0 Å². The molecule has 0 radical (unpaired) electrons. The van der Waals surface area contributed by atoms with Crippen molar-refractivity contribution in [3.05, 3.63) is 59.1 Å². The van der Waals surface area contributed by atoms with Crippen LogP contribution in [0.5, 0.6) is 0 Å². The molecule has 8 heteroatoms. The number of anilines is 3. The molecule has 2 aromatic carbocycles. The molecule has 2 N–H and O–H groups in total. The monoisotopic (exact) mass is 390 g/mol. The topological polar surface area (TPSA) is 66.9 Å². The summed E-state index contributed by atoms with van der Waals surface area (Å²) in [6, 6.07) is 15.3. The van der Waals surface area contributed by atoms with Gasteiger partial charge in [-0.05, 0) is 36.8 Å². The Hall–Kier alpha value is -2.09. The van der Waals surface area contributed by atoms with E-state index in [1.165, 1.54) is 23.1 Å². The van der Waals surface area contributed by atoms with Crippen molar-refractivity contribution in [2.45, 2.75) is 11.3 Å². The van der Waals surface area contributed by atoms with Crippen LogP contribution in [0, 0.1) is 6.92 Å². The number of amides is 1. The van der Waals surface area contributed by atoms with Crippen LogP contribution in [0.3, 0.4) is 0 Å². The van der Waals surface area contributed by atoms with E-state index in [-0.39, 0.29) is 11.7 Å². The van der Waals surface area contributed by atoms with Gasteiger partial charge in [-0.15, -0.1) is 10.2 Å². The van der Waals surface area contributed by atoms with Gasteiger partial charge in [-0.2, -0.15) is 0 Å². The first kappa shape index (κ1) is 17.7. The van der Waals surface area contributed by atoms with Gasteiger partial charge in [0.05, 0.1) is 16.5 Å². The Morgan fingerprint density at radius 2 is 2.00 bits per heavy atom. The van der Waals surface area contributed by atoms with Crippen LogP contribution in [0.25, 0.3) is 0 Å². The van der Waals surface area contributed by atoms with Gasteiger partial charge in [0.1, 0.15) is 0 Å². The first-order valence-corrected chi connectivity index (χ1v) is 9.62. The van der Waals surface area contributed by atoms with Crippen molar-refractivity contribution in [3.8, 4) is 0 Å². The number of para-hydroxylation sites is 1. The Bertz CT molecular complexity index is 870. The van der Waals surface area contributed by atoms with Gasteiger partial charge in [0.25, 0.3) is 0 Å². The predicted octanol–water partition coefficient (Wildman–Crippen LogP) is 4.97. The Labute approximate surface area is 158 Å². The van der Waals surface area contributed by atoms with Crippen molar-refractivity contribution in [1.29, 1.82) is 0 Å². The molecule has 3 rings (SSSR count). The maximum Gasteiger partial charge on any atom is 0.234 e. The SMILES string of the molecule is Cc1ccc(NC(=O)CSc2nnc(Nc3ccccc3)s2)c(Cl)c1. The number of carbonyl (C=O) groups excluding carboxylic acids is 1. The van der Waals surface area contributed by atoms with E-state index in [0.29, 0.717) is 15.8 Å². The zero-order chi connectivity index (χ0) is 17.6. The lowest BCUT2D eigenvalue weighted by atomic mass is 10.2. The van der Waals surface area contributed by atoms with Crippen LogP contribution >= 0.6 is 34.7 Å². The van der Waals surface area contributed by atoms with Crippen molar-refractivity contribution in [2.24, 2.45) is 0 Å². The number of aromatic nitrogens is 2. The largest absolute Gasteiger partial charge is 0.330 e. The van der Waals surface area contributed by atoms with Gasteiger partial charge in [0, 0.05) is 5.69 Å². The smallest absolute Gasteiger partial charge is 0.234 e. The van der Waals surface area contributed by atoms with Crippen molar-refractivity contribution >= 4 is 57.1 Å². The minimum atomic E-state index is -0.136. The van der Waals surface area contributed by atoms with E-state index in [9.17, 15) is 4.79 Å². The number of nitrogens with one attached hydrogen (secondary N) is 2. The molecule has 5 nitrogen and oxygen atoms in total. The van der Waals surface area contributed by atoms with Crippen LogP contribution in [-0.4, -0.2) is 21.9 Å². The third-order valence-corrected chi connectivity index (χ3v) is 5.44. The summed E-state index contributed by atoms with van der Waals surface area (Å²) in [5.41, 5.74) is 2.60. The molecule has 1 amide bonds. The van der Waals surface area contributed by atoms with Crippen LogP contribution in [0.15, 0.2) is 52.9 Å². The molecular weight excluding hydrogens is 376 g/mol. The van der Waals surface area contributed by atoms with E-state index >= 15 is 0 Å². The molecule has 0 aliphatic rings. The highest BCUT2D eigenvalue weighted by atomic mass is 35.5. The molecule has 0 unspecified atom stereocenters. The highest BCUT2D eigenvalue weighted by Gasteiger charge is 2.10. The number of nitrogens with zero attached hydrogens (tertiary/aromatic N) is 2. The first-order chi connectivity index (χ1) is 12.1. The lowest BCUT2D eigenvalue weighted by Gasteiger charge is -2.07. The van der Waals surface area contributed by atoms with Crippen LogP contribution < -0.4 is 10.6 Å². The number of benzene rings is 2. The summed E-state index contributed by atoms with van der Waals surface area (Å²) >= 11 is 8.86. The van der Waals surface area contributed by atoms with Gasteiger partial charge in [-0.25, -0.2) is 0 Å². The first-order valence-electron chi connectivity index (χ1n) is 7.44. The van der Waals surface area contributed by atoms with Crippen molar-refractivity contribution < 1.29 is 4.79 Å². The molecule has 0 saturated carbocycles. The summed E-state index contributed by atoms with van der Waals surface area (Å²) in [5.74, 6) is 0.105. The molecule has 3 aromatic rings. The Balaban J connectivity index is 1.52. The maximum atomic E-state index is 12.1. The Morgan fingerprint density at radius 3 is 2.76 bits per heavy atom. The van der Waals surface area contributed by atoms with Crippen LogP contribution in [0.1, 0.15) is 5.56 Å². The molecule has 1 heterocycles. The normalized spacial score (nSPS) is 10.5. The zero-order valence-corrected chi connectivity index (χ0v) is 15.7. The van der Waals surface area contributed by atoms with Crippen LogP contribution in [0.4, 0.5) is 16.5 Å². The summed E-state index contributed by atoms with van der Waals surface area (Å²) in [6.45, 7) is 1.95. The van der Waals surface area contributed by atoms with E-state index in [4.69, 9.17) is 11.6 Å². The van der Waals surface area contributed by atoms with E-state index in [0.717, 1.165) is 15.6 Å². The highest BCUT2D eigenvalue weighted by Crippen LogP contribution is 2.28. The lowest BCUT2D eigenvalue weighted by Crippen LogP contribution is -2.14. The molecule has 0 fully saturated rings. The van der Waals surface area contributed by atoms with Gasteiger partial charge in [0.2, 0.25) is 11.0 Å². The van der Waals surface area contributed by atoms with E-state index in [1.807, 2.05) is 49.4 Å². The summed E-state index contributed by atoms with van der Waals surface area (Å²) in [4.78, 5) is 12.1. The number of aryl methyl sites for hydroxylation is 1. The molecule has 0 bridgehead atoms. The number of halogens is 1.